The minimum atomic E-state index is -1.02. The Kier molecular flexibility index (Phi) is 17.0. The van der Waals surface area contributed by atoms with Crippen LogP contribution in [-0.2, 0) is 46.3 Å². The van der Waals surface area contributed by atoms with Gasteiger partial charge in [-0.2, -0.15) is 5.10 Å². The molecule has 5 amide bonds. The molecule has 14 heteroatoms. The number of hydrogen-bond donors (Lipinski definition) is 5. The van der Waals surface area contributed by atoms with E-state index >= 15 is 0 Å². The van der Waals surface area contributed by atoms with Gasteiger partial charge in [0.1, 0.15) is 23.7 Å². The van der Waals surface area contributed by atoms with Crippen LogP contribution >= 0.6 is 0 Å². The summed E-state index contributed by atoms with van der Waals surface area (Å²) in [5.41, 5.74) is 4.08. The van der Waals surface area contributed by atoms with Crippen molar-refractivity contribution in [2.45, 2.75) is 103 Å². The molecule has 2 fully saturated rings. The van der Waals surface area contributed by atoms with Crippen LogP contribution in [0.2, 0.25) is 0 Å². The molecular weight excluding hydrogens is 715 g/mol. The van der Waals surface area contributed by atoms with Crippen molar-refractivity contribution in [3.63, 3.8) is 0 Å². The van der Waals surface area contributed by atoms with Gasteiger partial charge in [-0.1, -0.05) is 88.4 Å². The quantitative estimate of drug-likeness (QED) is 0.0729. The van der Waals surface area contributed by atoms with E-state index in [0.29, 0.717) is 64.3 Å². The lowest BCUT2D eigenvalue weighted by molar-refractivity contribution is -0.134. The first-order valence-corrected chi connectivity index (χ1v) is 19.8. The van der Waals surface area contributed by atoms with Crippen LogP contribution in [0, 0.1) is 11.8 Å². The van der Waals surface area contributed by atoms with E-state index in [1.807, 2.05) is 100 Å². The minimum absolute atomic E-state index is 0.00776. The van der Waals surface area contributed by atoms with Gasteiger partial charge in [0.15, 0.2) is 0 Å². The maximum atomic E-state index is 14.3. The van der Waals surface area contributed by atoms with E-state index in [0.717, 1.165) is 11.1 Å². The van der Waals surface area contributed by atoms with Crippen molar-refractivity contribution in [2.75, 3.05) is 39.5 Å². The lowest BCUT2D eigenvalue weighted by atomic mass is 9.92. The number of epoxide rings is 1. The van der Waals surface area contributed by atoms with Crippen LogP contribution in [0.15, 0.2) is 65.8 Å². The van der Waals surface area contributed by atoms with Gasteiger partial charge in [-0.3, -0.25) is 28.9 Å². The molecule has 0 saturated carbocycles. The van der Waals surface area contributed by atoms with Crippen LogP contribution in [0.25, 0.3) is 0 Å². The number of hydrazone groups is 1. The summed E-state index contributed by atoms with van der Waals surface area (Å²) in [6.07, 6.45) is 1.83. The van der Waals surface area contributed by atoms with Crippen molar-refractivity contribution < 1.29 is 33.4 Å². The van der Waals surface area contributed by atoms with Gasteiger partial charge in [0.05, 0.1) is 38.1 Å². The highest BCUT2D eigenvalue weighted by atomic mass is 16.6. The number of nitrogens with zero attached hydrogens (tertiary/aromatic N) is 2. The van der Waals surface area contributed by atoms with Gasteiger partial charge >= 0.3 is 0 Å². The molecule has 2 aromatic carbocycles. The Labute approximate surface area is 331 Å². The zero-order chi connectivity index (χ0) is 40.7. The molecule has 0 aromatic heterocycles. The van der Waals surface area contributed by atoms with Crippen LogP contribution in [0.4, 0.5) is 0 Å². The summed E-state index contributed by atoms with van der Waals surface area (Å²) in [7, 11) is 0. The Balaban J connectivity index is 1.55. The molecule has 2 aliphatic rings. The number of amides is 5. The third-order valence-electron chi connectivity index (χ3n) is 9.75. The molecular formula is C42H61N7O7. The Bertz CT molecular complexity index is 1630. The van der Waals surface area contributed by atoms with E-state index in [2.05, 4.69) is 31.8 Å². The normalized spacial score (nSPS) is 19.3. The summed E-state index contributed by atoms with van der Waals surface area (Å²) < 4.78 is 11.1. The van der Waals surface area contributed by atoms with Crippen LogP contribution in [0.5, 0.6) is 0 Å². The number of carbonyl (C=O) groups is 5. The second-order valence-corrected chi connectivity index (χ2v) is 15.8. The summed E-state index contributed by atoms with van der Waals surface area (Å²) in [5.74, 6) is -1.93. The Hall–Kier alpha value is -4.66. The first-order valence-electron chi connectivity index (χ1n) is 19.8. The second kappa shape index (κ2) is 21.6. The molecule has 2 aromatic rings. The van der Waals surface area contributed by atoms with Crippen molar-refractivity contribution in [1.29, 1.82) is 0 Å². The largest absolute Gasteiger partial charge is 0.379 e. The Morgan fingerprint density at radius 3 is 1.82 bits per heavy atom. The van der Waals surface area contributed by atoms with Crippen molar-refractivity contribution >= 4 is 35.2 Å². The summed E-state index contributed by atoms with van der Waals surface area (Å²) >= 11 is 0. The molecule has 306 valence electrons. The molecule has 0 spiro atoms. The molecule has 4 rings (SSSR count). The summed E-state index contributed by atoms with van der Waals surface area (Å²) in [6, 6.07) is 15.5. The van der Waals surface area contributed by atoms with E-state index < -0.39 is 47.5 Å². The zero-order valence-corrected chi connectivity index (χ0v) is 33.8. The van der Waals surface area contributed by atoms with E-state index in [1.165, 1.54) is 6.92 Å². The molecule has 0 aliphatic carbocycles. The van der Waals surface area contributed by atoms with Gasteiger partial charge in [0.25, 0.3) is 0 Å². The maximum absolute atomic E-state index is 14.3. The second-order valence-electron chi connectivity index (χ2n) is 15.8. The minimum Gasteiger partial charge on any atom is -0.379 e. The van der Waals surface area contributed by atoms with E-state index in [4.69, 9.17) is 9.47 Å². The average molecular weight is 776 g/mol. The molecule has 0 radical (unpaired) electrons. The molecule has 2 heterocycles. The molecule has 2 aliphatic heterocycles. The van der Waals surface area contributed by atoms with Crippen LogP contribution in [0.1, 0.15) is 71.9 Å². The molecule has 14 nitrogen and oxygen atoms in total. The highest BCUT2D eigenvalue weighted by Gasteiger charge is 2.48. The zero-order valence-electron chi connectivity index (χ0n) is 33.8. The topological polar surface area (TPSA) is 183 Å². The highest BCUT2D eigenvalue weighted by Crippen LogP contribution is 2.31. The van der Waals surface area contributed by atoms with Gasteiger partial charge < -0.3 is 30.7 Å². The summed E-state index contributed by atoms with van der Waals surface area (Å²) in [5, 5.41) is 16.3. The third-order valence-corrected chi connectivity index (χ3v) is 9.75. The third kappa shape index (κ3) is 14.8. The van der Waals surface area contributed by atoms with Gasteiger partial charge in [0, 0.05) is 26.4 Å². The van der Waals surface area contributed by atoms with Crippen LogP contribution < -0.4 is 26.7 Å². The van der Waals surface area contributed by atoms with E-state index in [9.17, 15) is 24.0 Å². The van der Waals surface area contributed by atoms with Crippen molar-refractivity contribution in [2.24, 2.45) is 16.9 Å². The van der Waals surface area contributed by atoms with Gasteiger partial charge in [-0.15, -0.1) is 0 Å². The van der Waals surface area contributed by atoms with Gasteiger partial charge in [-0.25, -0.2) is 5.43 Å². The standard InChI is InChI=1S/C42H61N7O7/c1-28(2)23-34(38(42(6)27-56-42)48-47-30(5)50)44-41(54)36(25-32-15-11-8-12-16-32)46-40(53)35(24-29(3)4)45-39(52)33(18-17-31-13-9-7-10-14-31)43-37(51)26-49-19-21-55-22-20-49/h7-16,28-29,33-36H,17-27H2,1-6H3,(H,43,51)(H,44,54)(H,45,52)(H,46,53)(H,47,50)/b48-38-/t33-,34-,35?,36-,42+/m0/s1. The lowest BCUT2D eigenvalue weighted by Gasteiger charge is -2.29. The molecule has 2 saturated heterocycles. The number of hydrogen-bond acceptors (Lipinski definition) is 9. The fourth-order valence-corrected chi connectivity index (χ4v) is 6.68. The molecule has 0 bridgehead atoms. The van der Waals surface area contributed by atoms with E-state index in [-0.39, 0.29) is 36.6 Å². The van der Waals surface area contributed by atoms with Gasteiger partial charge in [-0.05, 0) is 55.6 Å². The summed E-state index contributed by atoms with van der Waals surface area (Å²) in [4.78, 5) is 69.7. The smallest absolute Gasteiger partial charge is 0.243 e. The number of morpholine rings is 1. The van der Waals surface area contributed by atoms with Gasteiger partial charge in [0.2, 0.25) is 29.5 Å². The molecule has 5 N–H and O–H groups in total. The predicted molar refractivity (Wildman–Crippen MR) is 214 cm³/mol. The van der Waals surface area contributed by atoms with Crippen molar-refractivity contribution in [1.82, 2.24) is 31.6 Å². The Morgan fingerprint density at radius 1 is 0.732 bits per heavy atom. The molecule has 1 unspecified atom stereocenters. The molecule has 56 heavy (non-hydrogen) atoms. The van der Waals surface area contributed by atoms with Crippen LogP contribution in [0.3, 0.4) is 0 Å². The average Bonchev–Trinajstić information content (AvgIpc) is 3.90. The fourth-order valence-electron chi connectivity index (χ4n) is 6.68. The first-order chi connectivity index (χ1) is 26.7. The van der Waals surface area contributed by atoms with Crippen molar-refractivity contribution in [3.05, 3.63) is 71.8 Å². The fraction of sp³-hybridized carbons (Fsp3) is 0.571. The monoisotopic (exact) mass is 775 g/mol. The Morgan fingerprint density at radius 2 is 1.25 bits per heavy atom. The summed E-state index contributed by atoms with van der Waals surface area (Å²) in [6.45, 7) is 14.0. The predicted octanol–water partition coefficient (Wildman–Crippen LogP) is 2.51. The number of ether oxygens (including phenoxy) is 2. The highest BCUT2D eigenvalue weighted by molar-refractivity contribution is 6.02. The number of rotatable bonds is 21. The molecule has 5 atom stereocenters. The number of nitrogens with one attached hydrogen (secondary N) is 5. The first kappa shape index (κ1) is 44.1. The number of carbonyl (C=O) groups excluding carboxylic acids is 5. The number of aryl methyl sites for hydroxylation is 1. The van der Waals surface area contributed by atoms with Crippen molar-refractivity contribution in [3.8, 4) is 0 Å². The number of benzene rings is 2. The van der Waals surface area contributed by atoms with Crippen LogP contribution in [-0.4, -0.2) is 109 Å². The lowest BCUT2D eigenvalue weighted by Crippen LogP contribution is -2.59. The maximum Gasteiger partial charge on any atom is 0.243 e. The SMILES string of the molecule is CC(=O)N/N=C(/[C@H](CC(C)C)NC(=O)[C@H](Cc1ccccc1)NC(=O)C(CC(C)C)NC(=O)[C@H](CCc1ccccc1)NC(=O)CN1CCOCC1)[C@@]1(C)CO1. The van der Waals surface area contributed by atoms with E-state index in [1.54, 1.807) is 0 Å².